The molecule has 1 saturated carbocycles. The van der Waals surface area contributed by atoms with Crippen LogP contribution in [0.4, 0.5) is 5.69 Å². The predicted molar refractivity (Wildman–Crippen MR) is 124 cm³/mol. The first kappa shape index (κ1) is 27.4. The number of anilines is 1. The van der Waals surface area contributed by atoms with Crippen LogP contribution in [-0.2, 0) is 11.3 Å². The average molecular weight is 454 g/mol. The van der Waals surface area contributed by atoms with E-state index in [1.54, 1.807) is 0 Å². The molecule has 0 aromatic heterocycles. The minimum absolute atomic E-state index is 0. The molecule has 0 spiro atoms. The van der Waals surface area contributed by atoms with E-state index in [1.807, 2.05) is 19.1 Å². The molecule has 1 amide bonds. The zero-order chi connectivity index (χ0) is 17.9. The zero-order valence-corrected chi connectivity index (χ0v) is 19.3. The van der Waals surface area contributed by atoms with Crippen molar-refractivity contribution in [3.63, 3.8) is 0 Å². The summed E-state index contributed by atoms with van der Waals surface area (Å²) in [7, 11) is 2.17. The van der Waals surface area contributed by atoms with Gasteiger partial charge in [-0.05, 0) is 44.5 Å². The molecule has 2 aliphatic rings. The van der Waals surface area contributed by atoms with Crippen LogP contribution in [0.15, 0.2) is 24.3 Å². The van der Waals surface area contributed by atoms with Crippen LogP contribution < -0.4 is 11.1 Å². The number of amides is 1. The van der Waals surface area contributed by atoms with Crippen molar-refractivity contribution < 1.29 is 4.79 Å². The summed E-state index contributed by atoms with van der Waals surface area (Å²) >= 11 is 0. The third-order valence-corrected chi connectivity index (χ3v) is 5.77. The van der Waals surface area contributed by atoms with Gasteiger partial charge in [-0.1, -0.05) is 25.0 Å². The maximum absolute atomic E-state index is 12.7. The average Bonchev–Trinajstić information content (AvgIpc) is 2.57. The molecule has 28 heavy (non-hydrogen) atoms. The minimum atomic E-state index is -0.389. The highest BCUT2D eigenvalue weighted by Gasteiger charge is 2.37. The molecule has 1 aromatic rings. The van der Waals surface area contributed by atoms with Gasteiger partial charge in [0, 0.05) is 44.0 Å². The normalized spacial score (nSPS) is 25.6. The number of nitrogens with zero attached hydrogens (tertiary/aromatic N) is 2. The molecule has 162 valence electrons. The lowest BCUT2D eigenvalue weighted by atomic mass is 9.74. The van der Waals surface area contributed by atoms with E-state index in [0.717, 1.165) is 64.1 Å². The van der Waals surface area contributed by atoms with E-state index in [1.165, 1.54) is 5.56 Å². The Balaban J connectivity index is 0.00000243. The van der Waals surface area contributed by atoms with E-state index < -0.39 is 0 Å². The smallest absolute Gasteiger partial charge is 0.229 e. The highest BCUT2D eigenvalue weighted by atomic mass is 35.5. The van der Waals surface area contributed by atoms with Crippen molar-refractivity contribution in [3.8, 4) is 0 Å². The van der Waals surface area contributed by atoms with Crippen LogP contribution in [0.3, 0.4) is 0 Å². The number of nitrogens with two attached hydrogens (primary N) is 1. The quantitative estimate of drug-likeness (QED) is 0.732. The van der Waals surface area contributed by atoms with Gasteiger partial charge in [-0.3, -0.25) is 9.69 Å². The Morgan fingerprint density at radius 1 is 1.18 bits per heavy atom. The molecule has 5 nitrogen and oxygen atoms in total. The minimum Gasteiger partial charge on any atom is -0.326 e. The van der Waals surface area contributed by atoms with E-state index in [4.69, 9.17) is 5.73 Å². The topological polar surface area (TPSA) is 61.6 Å². The first-order chi connectivity index (χ1) is 11.9. The number of hydrogen-bond donors (Lipinski definition) is 2. The third-order valence-electron chi connectivity index (χ3n) is 5.77. The number of likely N-dealkylation sites (N-methyl/N-ethyl adjacent to an activating group) is 1. The van der Waals surface area contributed by atoms with Gasteiger partial charge in [0.2, 0.25) is 5.91 Å². The number of benzene rings is 1. The SMILES string of the molecule is CN1CCN(Cc2cccc(NC(=O)C3CCCCC3(C)N)c2)CC1.Cl.Cl.Cl. The maximum Gasteiger partial charge on any atom is 0.229 e. The van der Waals surface area contributed by atoms with Crippen molar-refractivity contribution in [1.29, 1.82) is 0 Å². The number of hydrogen-bond acceptors (Lipinski definition) is 4. The van der Waals surface area contributed by atoms with Gasteiger partial charge in [-0.15, -0.1) is 37.2 Å². The molecule has 0 bridgehead atoms. The van der Waals surface area contributed by atoms with Crippen molar-refractivity contribution in [1.82, 2.24) is 9.80 Å². The van der Waals surface area contributed by atoms with Gasteiger partial charge >= 0.3 is 0 Å². The largest absolute Gasteiger partial charge is 0.326 e. The van der Waals surface area contributed by atoms with Crippen LogP contribution in [0.2, 0.25) is 0 Å². The molecule has 1 aliphatic carbocycles. The van der Waals surface area contributed by atoms with Crippen LogP contribution in [0, 0.1) is 5.92 Å². The fourth-order valence-corrected chi connectivity index (χ4v) is 4.03. The third kappa shape index (κ3) is 7.36. The first-order valence-electron chi connectivity index (χ1n) is 9.54. The second kappa shape index (κ2) is 12.2. The highest BCUT2D eigenvalue weighted by molar-refractivity contribution is 5.93. The van der Waals surface area contributed by atoms with Gasteiger partial charge in [0.05, 0.1) is 5.92 Å². The van der Waals surface area contributed by atoms with Crippen molar-refractivity contribution in [2.45, 2.75) is 44.7 Å². The summed E-state index contributed by atoms with van der Waals surface area (Å²) < 4.78 is 0. The van der Waals surface area contributed by atoms with Crippen LogP contribution >= 0.6 is 37.2 Å². The lowest BCUT2D eigenvalue weighted by Crippen LogP contribution is -2.51. The molecule has 2 fully saturated rings. The highest BCUT2D eigenvalue weighted by Crippen LogP contribution is 2.32. The number of rotatable bonds is 4. The first-order valence-corrected chi connectivity index (χ1v) is 9.54. The molecular weight excluding hydrogens is 419 g/mol. The van der Waals surface area contributed by atoms with E-state index in [-0.39, 0.29) is 54.6 Å². The number of piperazine rings is 1. The van der Waals surface area contributed by atoms with Crippen LogP contribution in [0.25, 0.3) is 0 Å². The van der Waals surface area contributed by atoms with E-state index in [9.17, 15) is 4.79 Å². The number of halogens is 3. The van der Waals surface area contributed by atoms with Crippen molar-refractivity contribution in [3.05, 3.63) is 29.8 Å². The Morgan fingerprint density at radius 2 is 1.86 bits per heavy atom. The van der Waals surface area contributed by atoms with Crippen molar-refractivity contribution >= 4 is 48.8 Å². The molecule has 1 heterocycles. The molecule has 2 atom stereocenters. The molecule has 1 saturated heterocycles. The summed E-state index contributed by atoms with van der Waals surface area (Å²) in [6.45, 7) is 7.39. The summed E-state index contributed by atoms with van der Waals surface area (Å²) in [4.78, 5) is 17.5. The Labute approximate surface area is 188 Å². The van der Waals surface area contributed by atoms with Crippen LogP contribution in [0.1, 0.15) is 38.2 Å². The van der Waals surface area contributed by atoms with Gasteiger partial charge in [-0.2, -0.15) is 0 Å². The van der Waals surface area contributed by atoms with Gasteiger partial charge in [-0.25, -0.2) is 0 Å². The van der Waals surface area contributed by atoms with Gasteiger partial charge in [0.1, 0.15) is 0 Å². The molecule has 8 heteroatoms. The van der Waals surface area contributed by atoms with Gasteiger partial charge < -0.3 is 16.0 Å². The fourth-order valence-electron chi connectivity index (χ4n) is 4.03. The number of nitrogens with one attached hydrogen (secondary N) is 1. The Bertz CT molecular complexity index is 607. The molecule has 3 rings (SSSR count). The second-order valence-electron chi connectivity index (χ2n) is 8.07. The van der Waals surface area contributed by atoms with E-state index in [2.05, 4.69) is 34.3 Å². The summed E-state index contributed by atoms with van der Waals surface area (Å²) in [5.74, 6) is -0.0241. The summed E-state index contributed by atoms with van der Waals surface area (Å²) in [5, 5.41) is 3.11. The predicted octanol–water partition coefficient (Wildman–Crippen LogP) is 3.55. The molecule has 3 N–H and O–H groups in total. The molecule has 0 radical (unpaired) electrons. The molecule has 2 unspecified atom stereocenters. The monoisotopic (exact) mass is 452 g/mol. The summed E-state index contributed by atoms with van der Waals surface area (Å²) in [5.41, 5.74) is 8.12. The zero-order valence-electron chi connectivity index (χ0n) is 16.9. The van der Waals surface area contributed by atoms with Gasteiger partial charge in [0.15, 0.2) is 0 Å². The Hall–Kier alpha value is -0.560. The lowest BCUT2D eigenvalue weighted by Gasteiger charge is -2.37. The van der Waals surface area contributed by atoms with E-state index >= 15 is 0 Å². The Kier molecular flexibility index (Phi) is 12.0. The number of carbonyl (C=O) groups excluding carboxylic acids is 1. The van der Waals surface area contributed by atoms with Crippen LogP contribution in [0.5, 0.6) is 0 Å². The maximum atomic E-state index is 12.7. The molecule has 1 aromatic carbocycles. The van der Waals surface area contributed by atoms with Crippen molar-refractivity contribution in [2.75, 3.05) is 38.5 Å². The summed E-state index contributed by atoms with van der Waals surface area (Å²) in [6, 6.07) is 8.25. The lowest BCUT2D eigenvalue weighted by molar-refractivity contribution is -0.122. The summed E-state index contributed by atoms with van der Waals surface area (Å²) in [6.07, 6.45) is 4.03. The molecular formula is C20H35Cl3N4O. The fraction of sp³-hybridized carbons (Fsp3) is 0.650. The number of carbonyl (C=O) groups is 1. The van der Waals surface area contributed by atoms with Crippen molar-refractivity contribution in [2.24, 2.45) is 11.7 Å². The van der Waals surface area contributed by atoms with E-state index in [0.29, 0.717) is 0 Å². The Morgan fingerprint density at radius 3 is 2.50 bits per heavy atom. The second-order valence-corrected chi connectivity index (χ2v) is 8.07. The van der Waals surface area contributed by atoms with Gasteiger partial charge in [0.25, 0.3) is 0 Å². The molecule has 1 aliphatic heterocycles. The van der Waals surface area contributed by atoms with Crippen LogP contribution in [-0.4, -0.2) is 54.5 Å². The standard InChI is InChI=1S/C20H32N4O.3ClH/c1-20(21)9-4-3-8-18(20)19(25)22-17-7-5-6-16(14-17)15-24-12-10-23(2)11-13-24;;;/h5-7,14,18H,3-4,8-13,15,21H2,1-2H3,(H,22,25);3*1H.